The molecule has 1 saturated heterocycles. The number of sulfonamides is 1. The molecule has 28 heavy (non-hydrogen) atoms. The summed E-state index contributed by atoms with van der Waals surface area (Å²) in [4.78, 5) is 15.0. The van der Waals surface area contributed by atoms with Gasteiger partial charge in [0.05, 0.1) is 4.90 Å². The average molecular weight is 402 g/mol. The number of nitrogens with one attached hydrogen (secondary N) is 2. The number of hydrogen-bond donors (Lipinski definition) is 2. The van der Waals surface area contributed by atoms with Gasteiger partial charge in [-0.25, -0.2) is 13.1 Å². The second-order valence-electron chi connectivity index (χ2n) is 7.35. The maximum Gasteiger partial charge on any atom is 0.255 e. The SMILES string of the molecule is CC(C)NS(=O)(=O)c1ccc(C(=O)Nc2ccc(N3CCCCC3)cc2)cc1. The zero-order chi connectivity index (χ0) is 20.1. The molecule has 0 aromatic heterocycles. The molecule has 1 aliphatic rings. The molecule has 0 atom stereocenters. The van der Waals surface area contributed by atoms with Crippen LogP contribution in [0.4, 0.5) is 11.4 Å². The van der Waals surface area contributed by atoms with Crippen molar-refractivity contribution in [3.05, 3.63) is 54.1 Å². The lowest BCUT2D eigenvalue weighted by molar-refractivity contribution is 0.102. The van der Waals surface area contributed by atoms with Crippen molar-refractivity contribution >= 4 is 27.3 Å². The molecule has 2 aromatic rings. The molecule has 0 aliphatic carbocycles. The first-order valence-electron chi connectivity index (χ1n) is 9.64. The Morgan fingerprint density at radius 2 is 1.54 bits per heavy atom. The minimum Gasteiger partial charge on any atom is -0.372 e. The molecule has 1 aliphatic heterocycles. The number of amides is 1. The van der Waals surface area contributed by atoms with Gasteiger partial charge >= 0.3 is 0 Å². The third-order valence-corrected chi connectivity index (χ3v) is 6.34. The predicted octanol–water partition coefficient (Wildman–Crippen LogP) is 3.62. The summed E-state index contributed by atoms with van der Waals surface area (Å²) in [7, 11) is -3.56. The molecule has 3 rings (SSSR count). The van der Waals surface area contributed by atoms with Crippen LogP contribution in [0.25, 0.3) is 0 Å². The van der Waals surface area contributed by atoms with Gasteiger partial charge in [-0.3, -0.25) is 4.79 Å². The fourth-order valence-electron chi connectivity index (χ4n) is 3.27. The molecule has 6 nitrogen and oxygen atoms in total. The van der Waals surface area contributed by atoms with Gasteiger partial charge in [0.25, 0.3) is 5.91 Å². The van der Waals surface area contributed by atoms with E-state index in [-0.39, 0.29) is 16.8 Å². The van der Waals surface area contributed by atoms with Gasteiger partial charge in [-0.15, -0.1) is 0 Å². The fourth-order valence-corrected chi connectivity index (χ4v) is 4.53. The first-order chi connectivity index (χ1) is 13.3. The number of nitrogens with zero attached hydrogens (tertiary/aromatic N) is 1. The van der Waals surface area contributed by atoms with Gasteiger partial charge < -0.3 is 10.2 Å². The van der Waals surface area contributed by atoms with Gasteiger partial charge in [0, 0.05) is 36.1 Å². The minimum atomic E-state index is -3.56. The smallest absolute Gasteiger partial charge is 0.255 e. The van der Waals surface area contributed by atoms with Crippen LogP contribution in [0.15, 0.2) is 53.4 Å². The Balaban J connectivity index is 1.64. The highest BCUT2D eigenvalue weighted by molar-refractivity contribution is 7.89. The van der Waals surface area contributed by atoms with Crippen LogP contribution in [-0.4, -0.2) is 33.5 Å². The van der Waals surface area contributed by atoms with E-state index >= 15 is 0 Å². The summed E-state index contributed by atoms with van der Waals surface area (Å²) in [6.45, 7) is 5.67. The summed E-state index contributed by atoms with van der Waals surface area (Å²) >= 11 is 0. The van der Waals surface area contributed by atoms with E-state index in [9.17, 15) is 13.2 Å². The zero-order valence-corrected chi connectivity index (χ0v) is 17.1. The van der Waals surface area contributed by atoms with E-state index in [1.807, 2.05) is 24.3 Å². The van der Waals surface area contributed by atoms with Crippen LogP contribution < -0.4 is 14.9 Å². The van der Waals surface area contributed by atoms with Gasteiger partial charge in [-0.1, -0.05) is 0 Å². The number of anilines is 2. The molecular formula is C21H27N3O3S. The van der Waals surface area contributed by atoms with E-state index in [4.69, 9.17) is 0 Å². The molecule has 0 bridgehead atoms. The van der Waals surface area contributed by atoms with Crippen LogP contribution in [0.5, 0.6) is 0 Å². The molecule has 0 unspecified atom stereocenters. The monoisotopic (exact) mass is 401 g/mol. The standard InChI is InChI=1S/C21H27N3O3S/c1-16(2)23-28(26,27)20-12-6-17(7-13-20)21(25)22-18-8-10-19(11-9-18)24-14-4-3-5-15-24/h6-13,16,23H,3-5,14-15H2,1-2H3,(H,22,25). The van der Waals surface area contributed by atoms with Gasteiger partial charge in [-0.2, -0.15) is 0 Å². The first kappa shape index (κ1) is 20.4. The van der Waals surface area contributed by atoms with Crippen LogP contribution in [0, 0.1) is 0 Å². The lowest BCUT2D eigenvalue weighted by atomic mass is 10.1. The minimum absolute atomic E-state index is 0.142. The van der Waals surface area contributed by atoms with Crippen LogP contribution in [0.2, 0.25) is 0 Å². The lowest BCUT2D eigenvalue weighted by Crippen LogP contribution is -2.30. The first-order valence-corrected chi connectivity index (χ1v) is 11.1. The summed E-state index contributed by atoms with van der Waals surface area (Å²) in [5.41, 5.74) is 2.29. The summed E-state index contributed by atoms with van der Waals surface area (Å²) < 4.78 is 26.8. The zero-order valence-electron chi connectivity index (χ0n) is 16.3. The molecule has 150 valence electrons. The van der Waals surface area contributed by atoms with E-state index in [0.717, 1.165) is 13.1 Å². The summed E-state index contributed by atoms with van der Waals surface area (Å²) in [5.74, 6) is -0.272. The highest BCUT2D eigenvalue weighted by Gasteiger charge is 2.16. The van der Waals surface area contributed by atoms with Crippen molar-refractivity contribution in [2.24, 2.45) is 0 Å². The second kappa shape index (κ2) is 8.75. The van der Waals surface area contributed by atoms with Crippen molar-refractivity contribution in [3.63, 3.8) is 0 Å². The number of carbonyl (C=O) groups is 1. The van der Waals surface area contributed by atoms with Gasteiger partial charge in [-0.05, 0) is 81.6 Å². The Morgan fingerprint density at radius 1 is 0.929 bits per heavy atom. The highest BCUT2D eigenvalue weighted by atomic mass is 32.2. The summed E-state index contributed by atoms with van der Waals surface area (Å²) in [5, 5.41) is 2.86. The van der Waals surface area contributed by atoms with Crippen molar-refractivity contribution in [2.75, 3.05) is 23.3 Å². The molecular weight excluding hydrogens is 374 g/mol. The third-order valence-electron chi connectivity index (χ3n) is 4.66. The molecule has 0 radical (unpaired) electrons. The van der Waals surface area contributed by atoms with Crippen molar-refractivity contribution in [1.82, 2.24) is 4.72 Å². The van der Waals surface area contributed by atoms with Crippen LogP contribution in [0.1, 0.15) is 43.5 Å². The fraction of sp³-hybridized carbons (Fsp3) is 0.381. The quantitative estimate of drug-likeness (QED) is 0.775. The van der Waals surface area contributed by atoms with Crippen molar-refractivity contribution in [3.8, 4) is 0 Å². The molecule has 0 spiro atoms. The molecule has 0 saturated carbocycles. The number of rotatable bonds is 6. The maximum atomic E-state index is 12.5. The largest absolute Gasteiger partial charge is 0.372 e. The number of benzene rings is 2. The average Bonchev–Trinajstić information content (AvgIpc) is 2.68. The Labute approximate surface area is 167 Å². The Kier molecular flexibility index (Phi) is 6.36. The van der Waals surface area contributed by atoms with Gasteiger partial charge in [0.2, 0.25) is 10.0 Å². The number of carbonyl (C=O) groups excluding carboxylic acids is 1. The Bertz CT molecular complexity index is 901. The highest BCUT2D eigenvalue weighted by Crippen LogP contribution is 2.22. The van der Waals surface area contributed by atoms with E-state index in [2.05, 4.69) is 14.9 Å². The molecule has 1 heterocycles. The molecule has 2 N–H and O–H groups in total. The number of hydrogen-bond acceptors (Lipinski definition) is 4. The van der Waals surface area contributed by atoms with Gasteiger partial charge in [0.15, 0.2) is 0 Å². The molecule has 1 amide bonds. The third kappa shape index (κ3) is 5.11. The second-order valence-corrected chi connectivity index (χ2v) is 9.06. The summed E-state index contributed by atoms with van der Waals surface area (Å²) in [6.07, 6.45) is 3.73. The van der Waals surface area contributed by atoms with Crippen molar-refractivity contribution < 1.29 is 13.2 Å². The van der Waals surface area contributed by atoms with Crippen molar-refractivity contribution in [1.29, 1.82) is 0 Å². The summed E-state index contributed by atoms with van der Waals surface area (Å²) in [6, 6.07) is 13.6. The van der Waals surface area contributed by atoms with E-state index in [1.54, 1.807) is 13.8 Å². The maximum absolute atomic E-state index is 12.5. The molecule has 2 aromatic carbocycles. The number of piperidine rings is 1. The van der Waals surface area contributed by atoms with Crippen LogP contribution in [-0.2, 0) is 10.0 Å². The van der Waals surface area contributed by atoms with Crippen LogP contribution in [0.3, 0.4) is 0 Å². The van der Waals surface area contributed by atoms with Crippen molar-refractivity contribution in [2.45, 2.75) is 44.0 Å². The Morgan fingerprint density at radius 3 is 2.11 bits per heavy atom. The Hall–Kier alpha value is -2.38. The van der Waals surface area contributed by atoms with E-state index < -0.39 is 10.0 Å². The van der Waals surface area contributed by atoms with Crippen LogP contribution >= 0.6 is 0 Å². The molecule has 1 fully saturated rings. The van der Waals surface area contributed by atoms with E-state index in [0.29, 0.717) is 11.3 Å². The lowest BCUT2D eigenvalue weighted by Gasteiger charge is -2.28. The van der Waals surface area contributed by atoms with Gasteiger partial charge in [0.1, 0.15) is 0 Å². The van der Waals surface area contributed by atoms with E-state index in [1.165, 1.54) is 49.2 Å². The normalized spacial score (nSPS) is 14.9. The molecule has 7 heteroatoms. The topological polar surface area (TPSA) is 78.5 Å². The predicted molar refractivity (Wildman–Crippen MR) is 112 cm³/mol.